The maximum absolute atomic E-state index is 6.12. The second-order valence-corrected chi connectivity index (χ2v) is 5.36. The van der Waals surface area contributed by atoms with Crippen molar-refractivity contribution in [2.45, 2.75) is 13.0 Å². The van der Waals surface area contributed by atoms with E-state index in [1.807, 2.05) is 30.3 Å². The van der Waals surface area contributed by atoms with Crippen LogP contribution in [0, 0.1) is 0 Å². The molecule has 2 nitrogen and oxygen atoms in total. The fourth-order valence-corrected chi connectivity index (χ4v) is 2.34. The number of ether oxygens (including phenoxy) is 1. The Morgan fingerprint density at radius 1 is 1.10 bits per heavy atom. The molecule has 0 saturated heterocycles. The van der Waals surface area contributed by atoms with Crippen molar-refractivity contribution in [1.82, 2.24) is 5.32 Å². The fourth-order valence-electron chi connectivity index (χ4n) is 1.96. The molecule has 0 heterocycles. The molecule has 0 unspecified atom stereocenters. The van der Waals surface area contributed by atoms with Gasteiger partial charge in [-0.15, -0.1) is 0 Å². The van der Waals surface area contributed by atoms with Gasteiger partial charge in [-0.25, -0.2) is 0 Å². The van der Waals surface area contributed by atoms with Crippen LogP contribution >= 0.6 is 23.2 Å². The summed E-state index contributed by atoms with van der Waals surface area (Å²) < 4.78 is 5.21. The van der Waals surface area contributed by atoms with Gasteiger partial charge in [0, 0.05) is 16.6 Å². The lowest BCUT2D eigenvalue weighted by Crippen LogP contribution is -2.16. The first-order chi connectivity index (χ1) is 9.69. The van der Waals surface area contributed by atoms with E-state index in [0.29, 0.717) is 11.6 Å². The Morgan fingerprint density at radius 2 is 1.95 bits per heavy atom. The summed E-state index contributed by atoms with van der Waals surface area (Å²) in [4.78, 5) is 0. The van der Waals surface area contributed by atoms with Crippen molar-refractivity contribution in [3.63, 3.8) is 0 Å². The summed E-state index contributed by atoms with van der Waals surface area (Å²) >= 11 is 12.1. The highest BCUT2D eigenvalue weighted by Crippen LogP contribution is 2.20. The first-order valence-electron chi connectivity index (χ1n) is 6.46. The summed E-state index contributed by atoms with van der Waals surface area (Å²) in [5.74, 6) is 0.889. The third-order valence-corrected chi connectivity index (χ3v) is 3.65. The van der Waals surface area contributed by atoms with E-state index in [9.17, 15) is 0 Å². The van der Waals surface area contributed by atoms with Crippen molar-refractivity contribution in [2.24, 2.45) is 0 Å². The van der Waals surface area contributed by atoms with Crippen LogP contribution in [-0.2, 0) is 13.0 Å². The molecule has 1 N–H and O–H groups in total. The summed E-state index contributed by atoms with van der Waals surface area (Å²) in [6.07, 6.45) is 0.940. The van der Waals surface area contributed by atoms with Gasteiger partial charge in [-0.1, -0.05) is 35.3 Å². The standard InChI is InChI=1S/C16H17Cl2NO/c1-20-15-4-2-3-12(9-15)7-8-19-11-13-10-14(17)5-6-16(13)18/h2-6,9-10,19H,7-8,11H2,1H3. The lowest BCUT2D eigenvalue weighted by molar-refractivity contribution is 0.414. The fraction of sp³-hybridized carbons (Fsp3) is 0.250. The summed E-state index contributed by atoms with van der Waals surface area (Å²) in [6.45, 7) is 1.58. The predicted molar refractivity (Wildman–Crippen MR) is 84.9 cm³/mol. The quantitative estimate of drug-likeness (QED) is 0.802. The Bertz CT molecular complexity index is 572. The van der Waals surface area contributed by atoms with Crippen LogP contribution < -0.4 is 10.1 Å². The first-order valence-corrected chi connectivity index (χ1v) is 7.22. The van der Waals surface area contributed by atoms with Gasteiger partial charge in [-0.05, 0) is 54.4 Å². The maximum atomic E-state index is 6.12. The highest BCUT2D eigenvalue weighted by Gasteiger charge is 2.01. The number of methoxy groups -OCH3 is 1. The van der Waals surface area contributed by atoms with E-state index < -0.39 is 0 Å². The normalized spacial score (nSPS) is 10.6. The third kappa shape index (κ3) is 4.41. The van der Waals surface area contributed by atoms with Gasteiger partial charge in [0.1, 0.15) is 5.75 Å². The van der Waals surface area contributed by atoms with Gasteiger partial charge in [0.15, 0.2) is 0 Å². The molecule has 106 valence electrons. The number of rotatable bonds is 6. The minimum Gasteiger partial charge on any atom is -0.497 e. The second-order valence-electron chi connectivity index (χ2n) is 4.51. The molecule has 0 spiro atoms. The van der Waals surface area contributed by atoms with Crippen LogP contribution in [0.1, 0.15) is 11.1 Å². The van der Waals surface area contributed by atoms with E-state index in [1.54, 1.807) is 13.2 Å². The molecule has 0 saturated carbocycles. The molecule has 0 aliphatic heterocycles. The highest BCUT2D eigenvalue weighted by atomic mass is 35.5. The predicted octanol–water partition coefficient (Wildman–Crippen LogP) is 4.33. The van der Waals surface area contributed by atoms with E-state index in [4.69, 9.17) is 27.9 Å². The summed E-state index contributed by atoms with van der Waals surface area (Å²) in [7, 11) is 1.68. The number of halogens is 2. The molecule has 0 aliphatic carbocycles. The summed E-state index contributed by atoms with van der Waals surface area (Å²) in [5.41, 5.74) is 2.26. The van der Waals surface area contributed by atoms with E-state index >= 15 is 0 Å². The van der Waals surface area contributed by atoms with E-state index in [-0.39, 0.29) is 0 Å². The number of hydrogen-bond acceptors (Lipinski definition) is 2. The van der Waals surface area contributed by atoms with Crippen LogP contribution in [0.3, 0.4) is 0 Å². The van der Waals surface area contributed by atoms with Crippen molar-refractivity contribution in [1.29, 1.82) is 0 Å². The van der Waals surface area contributed by atoms with E-state index in [1.165, 1.54) is 5.56 Å². The topological polar surface area (TPSA) is 21.3 Å². The lowest BCUT2D eigenvalue weighted by atomic mass is 10.1. The molecular formula is C16H17Cl2NO. The Hall–Kier alpha value is -1.22. The number of benzene rings is 2. The average Bonchev–Trinajstić information content (AvgIpc) is 2.47. The summed E-state index contributed by atoms with van der Waals surface area (Å²) in [5, 5.41) is 4.82. The zero-order valence-corrected chi connectivity index (χ0v) is 12.8. The van der Waals surface area contributed by atoms with Crippen molar-refractivity contribution < 1.29 is 4.74 Å². The smallest absolute Gasteiger partial charge is 0.119 e. The molecular weight excluding hydrogens is 293 g/mol. The molecule has 0 fully saturated rings. The van der Waals surface area contributed by atoms with Crippen molar-refractivity contribution in [2.75, 3.05) is 13.7 Å². The van der Waals surface area contributed by atoms with Gasteiger partial charge in [-0.3, -0.25) is 0 Å². The SMILES string of the molecule is COc1cccc(CCNCc2cc(Cl)ccc2Cl)c1. The lowest BCUT2D eigenvalue weighted by Gasteiger charge is -2.08. The molecule has 20 heavy (non-hydrogen) atoms. The molecule has 2 aromatic carbocycles. The van der Waals surface area contributed by atoms with Gasteiger partial charge in [0.25, 0.3) is 0 Å². The molecule has 2 rings (SSSR count). The molecule has 0 atom stereocenters. The van der Waals surface area contributed by atoms with Crippen molar-refractivity contribution >= 4 is 23.2 Å². The molecule has 0 bridgehead atoms. The average molecular weight is 310 g/mol. The van der Waals surface area contributed by atoms with Gasteiger partial charge < -0.3 is 10.1 Å². The molecule has 4 heteroatoms. The van der Waals surface area contributed by atoms with Crippen molar-refractivity contribution in [3.8, 4) is 5.75 Å². The zero-order chi connectivity index (χ0) is 14.4. The molecule has 0 aliphatic rings. The monoisotopic (exact) mass is 309 g/mol. The van der Waals surface area contributed by atoms with Crippen LogP contribution in [-0.4, -0.2) is 13.7 Å². The minimum atomic E-state index is 0.707. The molecule has 0 aromatic heterocycles. The van der Waals surface area contributed by atoms with Crippen LogP contribution in [0.25, 0.3) is 0 Å². The van der Waals surface area contributed by atoms with E-state index in [0.717, 1.165) is 29.3 Å². The Balaban J connectivity index is 1.82. The third-order valence-electron chi connectivity index (χ3n) is 3.05. The van der Waals surface area contributed by atoms with Crippen LogP contribution in [0.2, 0.25) is 10.0 Å². The number of nitrogens with one attached hydrogen (secondary N) is 1. The maximum Gasteiger partial charge on any atom is 0.119 e. The zero-order valence-electron chi connectivity index (χ0n) is 11.3. The van der Waals surface area contributed by atoms with Gasteiger partial charge in [0.05, 0.1) is 7.11 Å². The van der Waals surface area contributed by atoms with Crippen LogP contribution in [0.5, 0.6) is 5.75 Å². The molecule has 2 aromatic rings. The second kappa shape index (κ2) is 7.53. The highest BCUT2D eigenvalue weighted by molar-refractivity contribution is 6.33. The largest absolute Gasteiger partial charge is 0.497 e. The summed E-state index contributed by atoms with van der Waals surface area (Å²) in [6, 6.07) is 13.6. The Morgan fingerprint density at radius 3 is 2.75 bits per heavy atom. The first kappa shape index (κ1) is 15.2. The Kier molecular flexibility index (Phi) is 5.72. The number of hydrogen-bond donors (Lipinski definition) is 1. The van der Waals surface area contributed by atoms with Crippen molar-refractivity contribution in [3.05, 3.63) is 63.6 Å². The van der Waals surface area contributed by atoms with E-state index in [2.05, 4.69) is 11.4 Å². The Labute approximate surface area is 129 Å². The van der Waals surface area contributed by atoms with Crippen LogP contribution in [0.4, 0.5) is 0 Å². The van der Waals surface area contributed by atoms with Gasteiger partial charge >= 0.3 is 0 Å². The van der Waals surface area contributed by atoms with Crippen LogP contribution in [0.15, 0.2) is 42.5 Å². The molecule has 0 radical (unpaired) electrons. The minimum absolute atomic E-state index is 0.707. The molecule has 0 amide bonds. The van der Waals surface area contributed by atoms with Gasteiger partial charge in [-0.2, -0.15) is 0 Å². The van der Waals surface area contributed by atoms with Gasteiger partial charge in [0.2, 0.25) is 0 Å².